The molecule has 0 fully saturated rings. The first-order chi connectivity index (χ1) is 14.4. The van der Waals surface area contributed by atoms with Gasteiger partial charge < -0.3 is 10.6 Å². The third kappa shape index (κ3) is 4.47. The average Bonchev–Trinajstić information content (AvgIpc) is 3.28. The Morgan fingerprint density at radius 3 is 2.19 bits per heavy atom. The molecule has 3 aromatic rings. The Bertz CT molecular complexity index is 1160. The predicted molar refractivity (Wildman–Crippen MR) is 107 cm³/mol. The van der Waals surface area contributed by atoms with Crippen LogP contribution in [-0.4, -0.2) is 41.2 Å². The molecule has 0 aliphatic rings. The summed E-state index contributed by atoms with van der Waals surface area (Å²) in [6, 6.07) is 0. The summed E-state index contributed by atoms with van der Waals surface area (Å²) in [4.78, 5) is 25.2. The van der Waals surface area contributed by atoms with Crippen LogP contribution in [0.5, 0.6) is 0 Å². The van der Waals surface area contributed by atoms with Crippen molar-refractivity contribution in [3.05, 3.63) is 39.6 Å². The van der Waals surface area contributed by atoms with Crippen molar-refractivity contribution < 1.29 is 22.8 Å². The van der Waals surface area contributed by atoms with Crippen LogP contribution in [0.4, 0.5) is 24.5 Å². The van der Waals surface area contributed by atoms with Crippen LogP contribution in [0.3, 0.4) is 0 Å². The highest BCUT2D eigenvalue weighted by molar-refractivity contribution is 9.10. The highest BCUT2D eigenvalue weighted by Gasteiger charge is 2.38. The predicted octanol–water partition coefficient (Wildman–Crippen LogP) is 2.64. The van der Waals surface area contributed by atoms with Crippen LogP contribution in [0.25, 0.3) is 0 Å². The second kappa shape index (κ2) is 8.17. The number of carbonyl (C=O) groups is 2. The maximum Gasteiger partial charge on any atom is 0.436 e. The van der Waals surface area contributed by atoms with Crippen LogP contribution in [-0.2, 0) is 31.6 Å². The molecular formula is C17H18BrF3N8O2. The van der Waals surface area contributed by atoms with E-state index in [9.17, 15) is 22.8 Å². The summed E-state index contributed by atoms with van der Waals surface area (Å²) in [6.07, 6.45) is -1.90. The monoisotopic (exact) mass is 502 g/mol. The van der Waals surface area contributed by atoms with Gasteiger partial charge in [-0.3, -0.25) is 23.6 Å². The quantitative estimate of drug-likeness (QED) is 0.556. The number of aromatic nitrogens is 6. The molecule has 0 unspecified atom stereocenters. The summed E-state index contributed by atoms with van der Waals surface area (Å²) in [5.41, 5.74) is 0.395. The minimum atomic E-state index is -4.66. The Morgan fingerprint density at radius 2 is 1.65 bits per heavy atom. The van der Waals surface area contributed by atoms with Crippen molar-refractivity contribution in [2.24, 2.45) is 14.1 Å². The number of aryl methyl sites for hydroxylation is 2. The number of amides is 2. The summed E-state index contributed by atoms with van der Waals surface area (Å²) >= 11 is 2.86. The second-order valence-electron chi connectivity index (χ2n) is 6.70. The molecule has 0 spiro atoms. The van der Waals surface area contributed by atoms with Crippen molar-refractivity contribution in [3.63, 3.8) is 0 Å². The normalized spacial score (nSPS) is 11.6. The molecule has 0 atom stereocenters. The van der Waals surface area contributed by atoms with Crippen molar-refractivity contribution in [1.82, 2.24) is 29.3 Å². The molecule has 10 nitrogen and oxygen atoms in total. The zero-order valence-corrected chi connectivity index (χ0v) is 18.5. The Balaban J connectivity index is 1.78. The molecule has 3 rings (SSSR count). The van der Waals surface area contributed by atoms with Crippen LogP contribution < -0.4 is 10.6 Å². The van der Waals surface area contributed by atoms with E-state index in [1.54, 1.807) is 18.7 Å². The molecular weight excluding hydrogens is 485 g/mol. The maximum atomic E-state index is 13.0. The number of halogens is 4. The SMILES string of the molecule is Cc1c(NC(=O)c2c(NC(=O)Cn3nc(C(F)(F)F)c(Br)c3C)cnn2C)cnn1C. The smallest absolute Gasteiger partial charge is 0.321 e. The van der Waals surface area contributed by atoms with Crippen molar-refractivity contribution in [2.45, 2.75) is 26.6 Å². The van der Waals surface area contributed by atoms with Gasteiger partial charge in [-0.2, -0.15) is 28.5 Å². The molecule has 2 amide bonds. The highest BCUT2D eigenvalue weighted by Crippen LogP contribution is 2.35. The van der Waals surface area contributed by atoms with Crippen molar-refractivity contribution in [3.8, 4) is 0 Å². The Morgan fingerprint density at radius 1 is 1.03 bits per heavy atom. The summed E-state index contributed by atoms with van der Waals surface area (Å²) < 4.78 is 42.6. The average molecular weight is 503 g/mol. The summed E-state index contributed by atoms with van der Waals surface area (Å²) in [7, 11) is 3.24. The summed E-state index contributed by atoms with van der Waals surface area (Å²) in [6.45, 7) is 2.69. The fourth-order valence-corrected chi connectivity index (χ4v) is 3.30. The summed E-state index contributed by atoms with van der Waals surface area (Å²) in [5, 5.41) is 16.7. The molecule has 166 valence electrons. The number of anilines is 2. The van der Waals surface area contributed by atoms with Crippen molar-refractivity contribution in [2.75, 3.05) is 10.6 Å². The van der Waals surface area contributed by atoms with Crippen LogP contribution >= 0.6 is 15.9 Å². The molecule has 0 saturated heterocycles. The lowest BCUT2D eigenvalue weighted by Gasteiger charge is -2.09. The standard InChI is InChI=1S/C17H18BrF3N8O2/c1-8-10(5-22-27(8)3)25-16(31)14-11(6-23-28(14)4)24-12(30)7-29-9(2)13(18)15(26-29)17(19,20)21/h5-6H,7H2,1-4H3,(H,24,30)(H,25,31). The van der Waals surface area contributed by atoms with Gasteiger partial charge >= 0.3 is 6.18 Å². The molecule has 2 N–H and O–H groups in total. The largest absolute Gasteiger partial charge is 0.436 e. The fraction of sp³-hybridized carbons (Fsp3) is 0.353. The summed E-state index contributed by atoms with van der Waals surface area (Å²) in [5.74, 6) is -1.21. The van der Waals surface area contributed by atoms with Gasteiger partial charge in [0.05, 0.1) is 39.6 Å². The highest BCUT2D eigenvalue weighted by atomic mass is 79.9. The molecule has 0 bridgehead atoms. The number of rotatable bonds is 5. The van der Waals surface area contributed by atoms with E-state index in [0.29, 0.717) is 5.69 Å². The van der Waals surface area contributed by atoms with Crippen LogP contribution in [0, 0.1) is 13.8 Å². The first-order valence-electron chi connectivity index (χ1n) is 8.82. The van der Waals surface area contributed by atoms with Crippen LogP contribution in [0.1, 0.15) is 27.6 Å². The van der Waals surface area contributed by atoms with E-state index < -0.39 is 30.2 Å². The molecule has 0 saturated carbocycles. The van der Waals surface area contributed by atoms with Crippen LogP contribution in [0.15, 0.2) is 16.9 Å². The van der Waals surface area contributed by atoms with Crippen molar-refractivity contribution >= 4 is 39.1 Å². The van der Waals surface area contributed by atoms with E-state index in [1.807, 2.05) is 0 Å². The number of hydrogen-bond acceptors (Lipinski definition) is 5. The van der Waals surface area contributed by atoms with Gasteiger partial charge in [-0.05, 0) is 29.8 Å². The molecule has 3 aromatic heterocycles. The molecule has 0 aliphatic heterocycles. The number of nitrogens with one attached hydrogen (secondary N) is 2. The topological polar surface area (TPSA) is 112 Å². The fourth-order valence-electron chi connectivity index (χ4n) is 2.79. The molecule has 3 heterocycles. The third-order valence-electron chi connectivity index (χ3n) is 4.61. The van der Waals surface area contributed by atoms with Gasteiger partial charge in [-0.1, -0.05) is 0 Å². The molecule has 31 heavy (non-hydrogen) atoms. The minimum absolute atomic E-state index is 0.0611. The van der Waals surface area contributed by atoms with E-state index in [0.717, 1.165) is 10.4 Å². The van der Waals surface area contributed by atoms with Crippen LogP contribution in [0.2, 0.25) is 0 Å². The zero-order valence-electron chi connectivity index (χ0n) is 16.9. The van der Waals surface area contributed by atoms with Gasteiger partial charge in [-0.15, -0.1) is 0 Å². The minimum Gasteiger partial charge on any atom is -0.321 e. The van der Waals surface area contributed by atoms with Gasteiger partial charge in [0, 0.05) is 14.1 Å². The Hall–Kier alpha value is -3.16. The third-order valence-corrected chi connectivity index (χ3v) is 5.56. The number of hydrogen-bond donors (Lipinski definition) is 2. The lowest BCUT2D eigenvalue weighted by Crippen LogP contribution is -2.23. The molecule has 0 radical (unpaired) electrons. The Kier molecular flexibility index (Phi) is 5.93. The zero-order chi connectivity index (χ0) is 23.1. The molecule has 0 aliphatic carbocycles. The second-order valence-corrected chi connectivity index (χ2v) is 7.50. The Labute approximate surface area is 182 Å². The first kappa shape index (κ1) is 22.5. The van der Waals surface area contributed by atoms with E-state index >= 15 is 0 Å². The van der Waals surface area contributed by atoms with E-state index in [2.05, 4.69) is 41.9 Å². The molecule has 14 heteroatoms. The maximum absolute atomic E-state index is 13.0. The first-order valence-corrected chi connectivity index (χ1v) is 9.61. The van der Waals surface area contributed by atoms with Gasteiger partial charge in [0.2, 0.25) is 5.91 Å². The van der Waals surface area contributed by atoms with Gasteiger partial charge in [0.1, 0.15) is 12.2 Å². The van der Waals surface area contributed by atoms with E-state index in [-0.39, 0.29) is 21.5 Å². The van der Waals surface area contributed by atoms with Crippen molar-refractivity contribution in [1.29, 1.82) is 0 Å². The lowest BCUT2D eigenvalue weighted by molar-refractivity contribution is -0.142. The van der Waals surface area contributed by atoms with Gasteiger partial charge in [-0.25, -0.2) is 0 Å². The van der Waals surface area contributed by atoms with E-state index in [4.69, 9.17) is 0 Å². The lowest BCUT2D eigenvalue weighted by atomic mass is 10.3. The van der Waals surface area contributed by atoms with E-state index in [1.165, 1.54) is 31.0 Å². The van der Waals surface area contributed by atoms with Gasteiger partial charge in [0.15, 0.2) is 5.69 Å². The number of alkyl halides is 3. The molecule has 0 aromatic carbocycles. The van der Waals surface area contributed by atoms with Gasteiger partial charge in [0.25, 0.3) is 5.91 Å². The number of carbonyl (C=O) groups excluding carboxylic acids is 2. The number of nitrogens with zero attached hydrogens (tertiary/aromatic N) is 6.